The lowest BCUT2D eigenvalue weighted by atomic mass is 9.86. The lowest BCUT2D eigenvalue weighted by Crippen LogP contribution is -2.72. The van der Waals surface area contributed by atoms with Crippen LogP contribution >= 0.6 is 0 Å². The van der Waals surface area contributed by atoms with Crippen molar-refractivity contribution in [2.45, 2.75) is 409 Å². The van der Waals surface area contributed by atoms with Crippen molar-refractivity contribution in [2.24, 2.45) is 5.92 Å². The number of amides is 3. The van der Waals surface area contributed by atoms with Crippen molar-refractivity contribution in [3.05, 3.63) is 0 Å². The first-order valence-electron chi connectivity index (χ1n) is 42.8. The number of ether oxygens (including phenoxy) is 12. The van der Waals surface area contributed by atoms with Gasteiger partial charge in [0, 0.05) is 45.4 Å². The van der Waals surface area contributed by atoms with Crippen LogP contribution in [0.15, 0.2) is 0 Å². The van der Waals surface area contributed by atoms with Crippen LogP contribution in [0.25, 0.3) is 0 Å². The number of unbranched alkanes of at least 4 members (excludes halogenated alkanes) is 20. The number of rotatable bonds is 55. The standard InChI is InChI=1S/C79H139N3O39/c1-6-8-10-12-14-16-17-18-19-21-22-24-26-28-45(92)44(82-54(96)29-27-25-23-20-15-13-11-9-7-2)39-110-73-64(104)62(102)67(52(37-87)113-73)116-75-65(105)71(68(53(38-88)114-75)117-72-43(30-40(3)89)66(59(99)50(35-85)111-72)115-74-63(103)61(101)58(98)49(34-84)112-74)121-79(77(108)109)32-47(94)56(81-42(5)91)70(120-79)60(100)51(36-86)118-78(76(106)107)31-46(93)55(80-41(4)90)69(119-78)57(97)48(95)33-83/h43-53,55-75,83-88,92-95,97-105H,6-39H2,1-5H3,(H,80,90)(H,81,91)(H,82,96)(H,106,107)(H,108,109)/t43-,44+,45-,46+,47+,48-,49-,50-,51-,52-,53-,55-,56-,57-,58+,59+,60-,61+,62-,63-,64-,65-,66-,67-,68+,69?,70?,71-,72+,73-,74+,75+,78-,79+/m1/s1. The molecule has 0 bridgehead atoms. The van der Waals surface area contributed by atoms with E-state index in [2.05, 4.69) is 29.8 Å². The van der Waals surface area contributed by atoms with Crippen LogP contribution in [0.1, 0.15) is 208 Å². The van der Waals surface area contributed by atoms with Gasteiger partial charge in [-0.3, -0.25) is 14.4 Å². The number of aliphatic hydroxyl groups excluding tert-OH is 19. The minimum absolute atomic E-state index is 0.110. The van der Waals surface area contributed by atoms with Crippen molar-refractivity contribution in [1.29, 1.82) is 0 Å². The van der Waals surface area contributed by atoms with Gasteiger partial charge in [0.15, 0.2) is 25.2 Å². The molecule has 42 heteroatoms. The van der Waals surface area contributed by atoms with Crippen LogP contribution in [0.5, 0.6) is 0 Å². The van der Waals surface area contributed by atoms with Gasteiger partial charge in [-0.1, -0.05) is 149 Å². The van der Waals surface area contributed by atoms with Gasteiger partial charge in [0.2, 0.25) is 17.7 Å². The molecule has 6 aliphatic rings. The van der Waals surface area contributed by atoms with Crippen molar-refractivity contribution < 1.29 is 193 Å². The van der Waals surface area contributed by atoms with Gasteiger partial charge < -0.3 is 185 Å². The molecular weight excluding hydrogens is 1610 g/mol. The van der Waals surface area contributed by atoms with E-state index in [1.807, 2.05) is 0 Å². The number of carbonyl (C=O) groups excluding carboxylic acids is 4. The Hall–Kier alpha value is -4.22. The van der Waals surface area contributed by atoms with Crippen LogP contribution in [0.3, 0.4) is 0 Å². The number of aliphatic hydroxyl groups is 19. The molecule has 0 spiro atoms. The van der Waals surface area contributed by atoms with E-state index in [0.29, 0.717) is 12.8 Å². The lowest BCUT2D eigenvalue weighted by molar-refractivity contribution is -0.407. The minimum Gasteiger partial charge on any atom is -0.477 e. The second kappa shape index (κ2) is 52.3. The largest absolute Gasteiger partial charge is 0.477 e. The summed E-state index contributed by atoms with van der Waals surface area (Å²) in [5.41, 5.74) is 0. The normalized spacial score (nSPS) is 36.2. The Morgan fingerprint density at radius 2 is 0.868 bits per heavy atom. The van der Waals surface area contributed by atoms with Crippen LogP contribution in [0.2, 0.25) is 0 Å². The molecule has 121 heavy (non-hydrogen) atoms. The summed E-state index contributed by atoms with van der Waals surface area (Å²) in [4.78, 5) is 80.3. The number of carboxylic acid groups (broad SMARTS) is 2. The molecule has 6 saturated heterocycles. The second-order valence-electron chi connectivity index (χ2n) is 32.8. The molecule has 24 N–H and O–H groups in total. The number of ketones is 1. The second-order valence-corrected chi connectivity index (χ2v) is 32.8. The van der Waals surface area contributed by atoms with Crippen LogP contribution in [0.4, 0.5) is 0 Å². The van der Waals surface area contributed by atoms with Crippen molar-refractivity contribution >= 4 is 35.4 Å². The van der Waals surface area contributed by atoms with Crippen molar-refractivity contribution in [3.8, 4) is 0 Å². The zero-order valence-electron chi connectivity index (χ0n) is 69.8. The number of nitrogens with one attached hydrogen (secondary N) is 3. The maximum absolute atomic E-state index is 14.4. The van der Waals surface area contributed by atoms with E-state index in [4.69, 9.17) is 56.8 Å². The number of carbonyl (C=O) groups is 6. The molecule has 704 valence electrons. The average molecular weight is 1750 g/mol. The monoisotopic (exact) mass is 1750 g/mol. The molecule has 42 nitrogen and oxygen atoms in total. The van der Waals surface area contributed by atoms with Gasteiger partial charge in [0.25, 0.3) is 11.6 Å². The van der Waals surface area contributed by atoms with E-state index in [1.165, 1.54) is 38.5 Å². The molecule has 0 aliphatic carbocycles. The average Bonchev–Trinajstić information content (AvgIpc) is 0.752. The van der Waals surface area contributed by atoms with Gasteiger partial charge in [-0.25, -0.2) is 9.59 Å². The van der Waals surface area contributed by atoms with Crippen LogP contribution in [-0.4, -0.2) is 390 Å². The minimum atomic E-state index is -3.67. The predicted octanol–water partition coefficient (Wildman–Crippen LogP) is -4.89. The third kappa shape index (κ3) is 29.7. The summed E-state index contributed by atoms with van der Waals surface area (Å²) in [6.07, 6.45) is -41.6. The smallest absolute Gasteiger partial charge is 0.364 e. The Morgan fingerprint density at radius 3 is 1.36 bits per heavy atom. The molecule has 6 aliphatic heterocycles. The maximum atomic E-state index is 14.4. The van der Waals surface area contributed by atoms with Gasteiger partial charge in [-0.05, 0) is 19.8 Å². The molecule has 0 aromatic rings. The summed E-state index contributed by atoms with van der Waals surface area (Å²) < 4.78 is 72.4. The number of hydrogen-bond donors (Lipinski definition) is 24. The molecule has 0 radical (unpaired) electrons. The summed E-state index contributed by atoms with van der Waals surface area (Å²) >= 11 is 0. The predicted molar refractivity (Wildman–Crippen MR) is 413 cm³/mol. The van der Waals surface area contributed by atoms with E-state index in [-0.39, 0.29) is 12.8 Å². The third-order valence-electron chi connectivity index (χ3n) is 23.2. The van der Waals surface area contributed by atoms with Crippen molar-refractivity contribution in [3.63, 3.8) is 0 Å². The number of Topliss-reactive ketones (excluding diaryl/α,β-unsaturated/α-hetero) is 1. The first-order chi connectivity index (χ1) is 57.6. The van der Waals surface area contributed by atoms with Gasteiger partial charge in [-0.15, -0.1) is 0 Å². The highest BCUT2D eigenvalue weighted by Crippen LogP contribution is 2.44. The maximum Gasteiger partial charge on any atom is 0.364 e. The first-order valence-corrected chi connectivity index (χ1v) is 42.8. The Morgan fingerprint density at radius 1 is 0.438 bits per heavy atom. The number of hydrogen-bond acceptors (Lipinski definition) is 37. The zero-order chi connectivity index (χ0) is 89.6. The zero-order valence-corrected chi connectivity index (χ0v) is 69.8. The molecule has 0 aromatic heterocycles. The lowest BCUT2D eigenvalue weighted by Gasteiger charge is -2.53. The van der Waals surface area contributed by atoms with Gasteiger partial charge in [0.05, 0.1) is 88.8 Å². The van der Waals surface area contributed by atoms with Crippen molar-refractivity contribution in [1.82, 2.24) is 16.0 Å². The molecule has 0 saturated carbocycles. The Labute approximate surface area is 703 Å². The molecular formula is C79H139N3O39. The Bertz CT molecular complexity index is 3030. The van der Waals surface area contributed by atoms with Crippen LogP contribution in [-0.2, 0) is 85.6 Å². The fourth-order valence-electron chi connectivity index (χ4n) is 16.4. The molecule has 34 atom stereocenters. The molecule has 2 unspecified atom stereocenters. The number of carboxylic acids is 2. The SMILES string of the molecule is CCCCCCCCCCCCCCC[C@@H](O)[C@H](CO[C@@H]1O[C@H](CO)[C@@H](O[C@@H]2O[C@H](CO)[C@H](O[C@@H]3O[C@H](CO)[C@H](O)[C@H](O[C@@H]4O[C@H](CO)[C@H](O)[C@H](O)[C@H]4O)[C@H]3CC(C)=O)[C@H](O[C@]3(C(=O)O)C[C@H](O)[C@@H](NC(C)=O)C([C@H](O)[C@@H](CO)O[C@]4(C(=O)O)C[C@H](O)[C@@H](NC(C)=O)C([C@H](O)[C@H](O)CO)O4)O3)[C@H]2O)[C@H](O)[C@H]1O)NC(=O)CCCCCCCCCCC. The van der Waals surface area contributed by atoms with Crippen molar-refractivity contribution in [2.75, 3.05) is 46.2 Å². The summed E-state index contributed by atoms with van der Waals surface area (Å²) in [5.74, 6) is -16.5. The summed E-state index contributed by atoms with van der Waals surface area (Å²) in [7, 11) is 0. The molecule has 6 heterocycles. The Kier molecular flexibility index (Phi) is 45.6. The molecule has 3 amide bonds. The van der Waals surface area contributed by atoms with Gasteiger partial charge >= 0.3 is 11.9 Å². The first kappa shape index (κ1) is 106. The highest BCUT2D eigenvalue weighted by atomic mass is 16.8. The van der Waals surface area contributed by atoms with E-state index in [9.17, 15) is 136 Å². The topological polar surface area (TPSA) is 674 Å². The Balaban J connectivity index is 1.36. The van der Waals surface area contributed by atoms with E-state index >= 15 is 0 Å². The van der Waals surface area contributed by atoms with Gasteiger partial charge in [-0.2, -0.15) is 0 Å². The summed E-state index contributed by atoms with van der Waals surface area (Å²) in [6.45, 7) is -0.784. The highest BCUT2D eigenvalue weighted by Gasteiger charge is 2.64. The molecule has 6 fully saturated rings. The number of aliphatic carboxylic acids is 2. The van der Waals surface area contributed by atoms with Gasteiger partial charge in [0.1, 0.15) is 128 Å². The highest BCUT2D eigenvalue weighted by molar-refractivity contribution is 5.78. The molecule has 0 aromatic carbocycles. The van der Waals surface area contributed by atoms with Crippen LogP contribution < -0.4 is 16.0 Å². The molecule has 6 rings (SSSR count). The fraction of sp³-hybridized carbons (Fsp3) is 0.924. The van der Waals surface area contributed by atoms with E-state index in [1.54, 1.807) is 0 Å². The quantitative estimate of drug-likeness (QED) is 0.0254. The summed E-state index contributed by atoms with van der Waals surface area (Å²) in [5, 5.41) is 245. The van der Waals surface area contributed by atoms with E-state index in [0.717, 1.165) is 111 Å². The van der Waals surface area contributed by atoms with Crippen LogP contribution in [0, 0.1) is 5.92 Å². The third-order valence-corrected chi connectivity index (χ3v) is 23.2. The summed E-state index contributed by atoms with van der Waals surface area (Å²) in [6, 6.07) is -5.00. The fourth-order valence-corrected chi connectivity index (χ4v) is 16.4. The van der Waals surface area contributed by atoms with E-state index < -0.39 is 308 Å².